The van der Waals surface area contributed by atoms with E-state index in [-0.39, 0.29) is 12.3 Å². The van der Waals surface area contributed by atoms with Crippen molar-refractivity contribution in [3.05, 3.63) is 47.0 Å². The van der Waals surface area contributed by atoms with Gasteiger partial charge in [-0.1, -0.05) is 5.16 Å². The third-order valence-corrected chi connectivity index (χ3v) is 4.48. The van der Waals surface area contributed by atoms with Crippen LogP contribution in [0.1, 0.15) is 12.3 Å². The molecule has 27 heavy (non-hydrogen) atoms. The molecule has 0 saturated carbocycles. The molecular weight excluding hydrogens is 368 g/mol. The van der Waals surface area contributed by atoms with Crippen LogP contribution >= 0.6 is 11.3 Å². The van der Waals surface area contributed by atoms with E-state index in [1.807, 2.05) is 16.8 Å². The quantitative estimate of drug-likeness (QED) is 0.695. The average Bonchev–Trinajstić information content (AvgIpc) is 3.37. The van der Waals surface area contributed by atoms with Gasteiger partial charge in [0.05, 0.1) is 7.11 Å². The first-order valence-electron chi connectivity index (χ1n) is 8.13. The molecule has 2 aromatic heterocycles. The third-order valence-electron chi connectivity index (χ3n) is 3.80. The Balaban J connectivity index is 1.51. The van der Waals surface area contributed by atoms with E-state index in [2.05, 4.69) is 20.2 Å². The van der Waals surface area contributed by atoms with Gasteiger partial charge in [0.2, 0.25) is 17.6 Å². The Morgan fingerprint density at radius 3 is 2.70 bits per heavy atom. The normalized spacial score (nSPS) is 10.4. The van der Waals surface area contributed by atoms with Crippen molar-refractivity contribution in [2.45, 2.75) is 12.8 Å². The molecule has 0 bridgehead atoms. The predicted molar refractivity (Wildman–Crippen MR) is 102 cm³/mol. The lowest BCUT2D eigenvalue weighted by Gasteiger charge is -2.15. The minimum atomic E-state index is -0.465. The fourth-order valence-electron chi connectivity index (χ4n) is 2.32. The van der Waals surface area contributed by atoms with Gasteiger partial charge < -0.3 is 14.6 Å². The van der Waals surface area contributed by atoms with Gasteiger partial charge >= 0.3 is 6.09 Å². The largest absolute Gasteiger partial charge is 0.452 e. The number of nitrogens with zero attached hydrogens (tertiary/aromatic N) is 3. The Morgan fingerprint density at radius 1 is 1.26 bits per heavy atom. The van der Waals surface area contributed by atoms with Crippen molar-refractivity contribution in [1.82, 2.24) is 10.1 Å². The van der Waals surface area contributed by atoms with Crippen LogP contribution in [-0.4, -0.2) is 36.3 Å². The van der Waals surface area contributed by atoms with Gasteiger partial charge in [0.1, 0.15) is 0 Å². The lowest BCUT2D eigenvalue weighted by Crippen LogP contribution is -2.25. The van der Waals surface area contributed by atoms with Crippen molar-refractivity contribution in [2.24, 2.45) is 0 Å². The van der Waals surface area contributed by atoms with Crippen molar-refractivity contribution in [3.8, 4) is 11.4 Å². The summed E-state index contributed by atoms with van der Waals surface area (Å²) in [6, 6.07) is 8.78. The van der Waals surface area contributed by atoms with Gasteiger partial charge in [-0.15, -0.1) is 0 Å². The van der Waals surface area contributed by atoms with Crippen molar-refractivity contribution in [2.75, 3.05) is 24.4 Å². The van der Waals surface area contributed by atoms with E-state index in [9.17, 15) is 9.59 Å². The number of aryl methyl sites for hydroxylation is 1. The fourth-order valence-corrected chi connectivity index (χ4v) is 2.95. The van der Waals surface area contributed by atoms with Gasteiger partial charge in [-0.05, 0) is 35.7 Å². The molecule has 3 rings (SSSR count). The lowest BCUT2D eigenvalue weighted by molar-refractivity contribution is -0.116. The number of ether oxygens (including phenoxy) is 1. The second-order valence-corrected chi connectivity index (χ2v) is 6.43. The van der Waals surface area contributed by atoms with Crippen LogP contribution in [0.15, 0.2) is 45.6 Å². The summed E-state index contributed by atoms with van der Waals surface area (Å²) in [5, 5.41) is 10.6. The van der Waals surface area contributed by atoms with Crippen LogP contribution in [0.2, 0.25) is 0 Å². The summed E-state index contributed by atoms with van der Waals surface area (Å²) >= 11 is 1.55. The first-order chi connectivity index (χ1) is 13.1. The minimum Gasteiger partial charge on any atom is -0.452 e. The van der Waals surface area contributed by atoms with E-state index < -0.39 is 6.09 Å². The lowest BCUT2D eigenvalue weighted by atomic mass is 10.2. The average molecular weight is 386 g/mol. The summed E-state index contributed by atoms with van der Waals surface area (Å²) in [6.45, 7) is 0. The first kappa shape index (κ1) is 18.6. The predicted octanol–water partition coefficient (Wildman–Crippen LogP) is 3.57. The zero-order valence-electron chi connectivity index (χ0n) is 14.8. The molecule has 0 aliphatic rings. The Hall–Kier alpha value is -3.20. The number of carbonyl (C=O) groups excluding carboxylic acids is 2. The SMILES string of the molecule is COC(=O)N(C)c1ccc(NC(=O)CCc2nc(-c3ccsc3)no2)cc1. The molecule has 0 aliphatic carbocycles. The summed E-state index contributed by atoms with van der Waals surface area (Å²) < 4.78 is 9.84. The first-order valence-corrected chi connectivity index (χ1v) is 9.08. The van der Waals surface area contributed by atoms with Gasteiger partial charge in [0.15, 0.2) is 0 Å². The molecule has 1 N–H and O–H groups in total. The second kappa shape index (κ2) is 8.45. The number of methoxy groups -OCH3 is 1. The van der Waals surface area contributed by atoms with Gasteiger partial charge in [-0.3, -0.25) is 9.69 Å². The summed E-state index contributed by atoms with van der Waals surface area (Å²) in [5.74, 6) is 0.776. The number of nitrogens with one attached hydrogen (secondary N) is 1. The topological polar surface area (TPSA) is 97.6 Å². The van der Waals surface area contributed by atoms with Crippen LogP contribution in [0.25, 0.3) is 11.4 Å². The van der Waals surface area contributed by atoms with Crippen molar-refractivity contribution < 1.29 is 18.8 Å². The molecular formula is C18H18N4O4S. The molecule has 0 fully saturated rings. The van der Waals surface area contributed by atoms with Gasteiger partial charge in [0, 0.05) is 42.2 Å². The molecule has 0 saturated heterocycles. The maximum absolute atomic E-state index is 12.1. The van der Waals surface area contributed by atoms with Crippen LogP contribution in [-0.2, 0) is 16.0 Å². The highest BCUT2D eigenvalue weighted by Gasteiger charge is 2.12. The maximum Gasteiger partial charge on any atom is 0.413 e. The van der Waals surface area contributed by atoms with Crippen molar-refractivity contribution >= 4 is 34.7 Å². The molecule has 0 atom stereocenters. The second-order valence-electron chi connectivity index (χ2n) is 5.65. The van der Waals surface area contributed by atoms with Crippen LogP contribution in [0.3, 0.4) is 0 Å². The Bertz CT molecular complexity index is 906. The molecule has 1 aromatic carbocycles. The number of aromatic nitrogens is 2. The summed E-state index contributed by atoms with van der Waals surface area (Å²) in [4.78, 5) is 29.3. The Kier molecular flexibility index (Phi) is 5.82. The van der Waals surface area contributed by atoms with E-state index in [0.717, 1.165) is 5.56 Å². The molecule has 3 aromatic rings. The maximum atomic E-state index is 12.1. The van der Waals surface area contributed by atoms with Gasteiger partial charge in [-0.25, -0.2) is 4.79 Å². The van der Waals surface area contributed by atoms with E-state index >= 15 is 0 Å². The molecule has 2 heterocycles. The van der Waals surface area contributed by atoms with Gasteiger partial charge in [0.25, 0.3) is 0 Å². The van der Waals surface area contributed by atoms with E-state index in [1.165, 1.54) is 12.0 Å². The molecule has 0 radical (unpaired) electrons. The summed E-state index contributed by atoms with van der Waals surface area (Å²) in [7, 11) is 2.92. The number of hydrogen-bond acceptors (Lipinski definition) is 7. The summed E-state index contributed by atoms with van der Waals surface area (Å²) in [5.41, 5.74) is 2.19. The van der Waals surface area contributed by atoms with E-state index in [1.54, 1.807) is 42.6 Å². The van der Waals surface area contributed by atoms with Gasteiger partial charge in [-0.2, -0.15) is 16.3 Å². The highest BCUT2D eigenvalue weighted by atomic mass is 32.1. The number of anilines is 2. The monoisotopic (exact) mass is 386 g/mol. The molecule has 8 nitrogen and oxygen atoms in total. The smallest absolute Gasteiger partial charge is 0.413 e. The van der Waals surface area contributed by atoms with Crippen molar-refractivity contribution in [1.29, 1.82) is 0 Å². The van der Waals surface area contributed by atoms with Crippen LogP contribution in [0.4, 0.5) is 16.2 Å². The highest BCUT2D eigenvalue weighted by molar-refractivity contribution is 7.08. The van der Waals surface area contributed by atoms with Crippen LogP contribution in [0, 0.1) is 0 Å². The molecule has 0 unspecified atom stereocenters. The molecule has 140 valence electrons. The Morgan fingerprint density at radius 2 is 2.04 bits per heavy atom. The number of thiophene rings is 1. The minimum absolute atomic E-state index is 0.167. The fraction of sp³-hybridized carbons (Fsp3) is 0.222. The highest BCUT2D eigenvalue weighted by Crippen LogP contribution is 2.20. The molecule has 9 heteroatoms. The van der Waals surface area contributed by atoms with E-state index in [0.29, 0.717) is 29.5 Å². The zero-order valence-corrected chi connectivity index (χ0v) is 15.7. The summed E-state index contributed by atoms with van der Waals surface area (Å²) in [6.07, 6.45) is 0.106. The third kappa shape index (κ3) is 4.70. The number of benzene rings is 1. The number of carbonyl (C=O) groups is 2. The zero-order chi connectivity index (χ0) is 19.2. The Labute approximate surface area is 159 Å². The van der Waals surface area contributed by atoms with Crippen molar-refractivity contribution in [3.63, 3.8) is 0 Å². The molecule has 0 spiro atoms. The molecule has 2 amide bonds. The number of hydrogen-bond donors (Lipinski definition) is 1. The van der Waals surface area contributed by atoms with E-state index in [4.69, 9.17) is 4.52 Å². The number of amides is 2. The number of rotatable bonds is 6. The molecule has 0 aliphatic heterocycles. The van der Waals surface area contributed by atoms with Crippen LogP contribution < -0.4 is 10.2 Å². The standard InChI is InChI=1S/C18H18N4O4S/c1-22(18(24)25-2)14-5-3-13(4-6-14)19-15(23)7-8-16-20-17(21-26-16)12-9-10-27-11-12/h3-6,9-11H,7-8H2,1-2H3,(H,19,23). The van der Waals surface area contributed by atoms with Crippen LogP contribution in [0.5, 0.6) is 0 Å².